The third-order valence-electron chi connectivity index (χ3n) is 7.07. The van der Waals surface area contributed by atoms with Crippen LogP contribution >= 0.6 is 0 Å². The van der Waals surface area contributed by atoms with Gasteiger partial charge in [-0.05, 0) is 76.1 Å². The predicted octanol–water partition coefficient (Wildman–Crippen LogP) is 3.35. The molecule has 162 valence electrons. The first kappa shape index (κ1) is 20.9. The third-order valence-corrected chi connectivity index (χ3v) is 7.07. The molecule has 1 aromatic heterocycles. The molecule has 0 saturated carbocycles. The van der Waals surface area contributed by atoms with Crippen LogP contribution < -0.4 is 5.73 Å². The van der Waals surface area contributed by atoms with Crippen molar-refractivity contribution in [2.45, 2.75) is 71.0 Å². The molecule has 2 fully saturated rings. The van der Waals surface area contributed by atoms with Gasteiger partial charge >= 0.3 is 0 Å². The van der Waals surface area contributed by atoms with Gasteiger partial charge in [-0.15, -0.1) is 0 Å². The molecular weight excluding hydrogens is 374 g/mol. The number of fused-ring (bicyclic) bond motifs is 1. The fourth-order valence-corrected chi connectivity index (χ4v) is 5.48. The molecule has 0 radical (unpaired) electrons. The van der Waals surface area contributed by atoms with Crippen LogP contribution in [-0.4, -0.2) is 57.8 Å². The molecule has 1 aromatic carbocycles. The summed E-state index contributed by atoms with van der Waals surface area (Å²) in [5.41, 5.74) is 8.91. The number of nitrogens with zero attached hydrogens (tertiary/aromatic N) is 3. The Morgan fingerprint density at radius 3 is 2.67 bits per heavy atom. The van der Waals surface area contributed by atoms with E-state index in [-0.39, 0.29) is 11.9 Å². The van der Waals surface area contributed by atoms with E-state index in [0.29, 0.717) is 11.9 Å². The largest absolute Gasteiger partial charge is 0.384 e. The van der Waals surface area contributed by atoms with E-state index in [1.54, 1.807) is 0 Å². The third kappa shape index (κ3) is 3.85. The molecule has 0 bridgehead atoms. The summed E-state index contributed by atoms with van der Waals surface area (Å²) in [5, 5.41) is 8.92. The van der Waals surface area contributed by atoms with Crippen molar-refractivity contribution in [3.8, 4) is 0 Å². The molecular formula is C24H35N5O. The van der Waals surface area contributed by atoms with Gasteiger partial charge in [0.05, 0.1) is 6.04 Å². The fourth-order valence-electron chi connectivity index (χ4n) is 5.48. The van der Waals surface area contributed by atoms with Crippen LogP contribution in [0.2, 0.25) is 0 Å². The zero-order valence-corrected chi connectivity index (χ0v) is 18.4. The molecule has 3 heterocycles. The molecule has 0 aliphatic carbocycles. The molecule has 0 unspecified atom stereocenters. The number of hydrogen-bond acceptors (Lipinski definition) is 3. The fraction of sp³-hybridized carbons (Fsp3) is 0.583. The second-order valence-electron chi connectivity index (χ2n) is 8.72. The van der Waals surface area contributed by atoms with Crippen molar-refractivity contribution in [2.75, 3.05) is 19.6 Å². The van der Waals surface area contributed by atoms with Gasteiger partial charge in [-0.25, -0.2) is 0 Å². The van der Waals surface area contributed by atoms with Gasteiger partial charge < -0.3 is 15.2 Å². The lowest BCUT2D eigenvalue weighted by Gasteiger charge is -2.31. The van der Waals surface area contributed by atoms with Crippen molar-refractivity contribution < 1.29 is 4.79 Å². The van der Waals surface area contributed by atoms with Crippen LogP contribution in [0.1, 0.15) is 57.2 Å². The lowest BCUT2D eigenvalue weighted by Crippen LogP contribution is -2.47. The van der Waals surface area contributed by atoms with Crippen molar-refractivity contribution >= 4 is 22.6 Å². The van der Waals surface area contributed by atoms with Gasteiger partial charge in [0, 0.05) is 35.9 Å². The number of nitrogens with one attached hydrogen (secondary N) is 1. The van der Waals surface area contributed by atoms with Crippen molar-refractivity contribution in [1.82, 2.24) is 14.4 Å². The summed E-state index contributed by atoms with van der Waals surface area (Å²) in [5.74, 6) is 0.467. The van der Waals surface area contributed by atoms with E-state index < -0.39 is 0 Å². The van der Waals surface area contributed by atoms with Crippen LogP contribution in [0.25, 0.3) is 10.9 Å². The number of amidine groups is 1. The van der Waals surface area contributed by atoms with Crippen LogP contribution in [0.15, 0.2) is 24.3 Å². The number of rotatable bonds is 7. The van der Waals surface area contributed by atoms with Crippen LogP contribution in [0.4, 0.5) is 0 Å². The lowest BCUT2D eigenvalue weighted by atomic mass is 10.1. The molecule has 4 rings (SSSR count). The zero-order chi connectivity index (χ0) is 21.3. The van der Waals surface area contributed by atoms with E-state index in [0.717, 1.165) is 75.8 Å². The Balaban J connectivity index is 1.49. The van der Waals surface area contributed by atoms with Gasteiger partial charge in [-0.2, -0.15) is 0 Å². The molecule has 2 aliphatic rings. The molecule has 2 aliphatic heterocycles. The van der Waals surface area contributed by atoms with Crippen molar-refractivity contribution in [3.05, 3.63) is 35.5 Å². The van der Waals surface area contributed by atoms with Gasteiger partial charge in [0.25, 0.3) is 0 Å². The molecule has 2 saturated heterocycles. The van der Waals surface area contributed by atoms with Crippen LogP contribution in [0.5, 0.6) is 0 Å². The smallest absolute Gasteiger partial charge is 0.240 e. The van der Waals surface area contributed by atoms with Crippen LogP contribution in [0.3, 0.4) is 0 Å². The quantitative estimate of drug-likeness (QED) is 0.544. The Kier molecular flexibility index (Phi) is 6.14. The zero-order valence-electron chi connectivity index (χ0n) is 18.4. The summed E-state index contributed by atoms with van der Waals surface area (Å²) in [6, 6.07) is 8.73. The molecule has 1 amide bonds. The standard InChI is InChI=1S/C24H35N5O/c1-3-27-13-6-8-21(27)24(30)29-14-5-7-19(29)11-12-20-15-17-9-10-18(23(25)26)16-22(17)28(20)4-2/h9-10,15-16,19,21H,3-8,11-14H2,1-2H3,(H3,25,26)/t19-,21+/m0/s1. The second kappa shape index (κ2) is 8.80. The average Bonchev–Trinajstić information content (AvgIpc) is 3.48. The lowest BCUT2D eigenvalue weighted by molar-refractivity contribution is -0.136. The summed E-state index contributed by atoms with van der Waals surface area (Å²) < 4.78 is 2.33. The molecule has 3 N–H and O–H groups in total. The summed E-state index contributed by atoms with van der Waals surface area (Å²) >= 11 is 0. The maximum Gasteiger partial charge on any atom is 0.240 e. The maximum absolute atomic E-state index is 13.3. The summed E-state index contributed by atoms with van der Waals surface area (Å²) in [4.78, 5) is 17.8. The normalized spacial score (nSPS) is 22.3. The summed E-state index contributed by atoms with van der Waals surface area (Å²) in [6.45, 7) is 8.15. The molecule has 30 heavy (non-hydrogen) atoms. The molecule has 0 spiro atoms. The van der Waals surface area contributed by atoms with Gasteiger partial charge in [0.15, 0.2) is 0 Å². The van der Waals surface area contributed by atoms with Gasteiger partial charge in [-0.3, -0.25) is 15.1 Å². The second-order valence-corrected chi connectivity index (χ2v) is 8.72. The number of nitrogens with two attached hydrogens (primary N) is 1. The first-order valence-electron chi connectivity index (χ1n) is 11.5. The summed E-state index contributed by atoms with van der Waals surface area (Å²) in [6.07, 6.45) is 6.37. The molecule has 2 aromatic rings. The number of amides is 1. The number of carbonyl (C=O) groups is 1. The van der Waals surface area contributed by atoms with Crippen molar-refractivity contribution in [3.63, 3.8) is 0 Å². The first-order chi connectivity index (χ1) is 14.5. The van der Waals surface area contributed by atoms with E-state index in [4.69, 9.17) is 11.1 Å². The Morgan fingerprint density at radius 2 is 1.93 bits per heavy atom. The van der Waals surface area contributed by atoms with E-state index in [2.05, 4.69) is 40.3 Å². The highest BCUT2D eigenvalue weighted by molar-refractivity contribution is 5.98. The number of aryl methyl sites for hydroxylation is 2. The van der Waals surface area contributed by atoms with E-state index in [1.807, 2.05) is 12.1 Å². The topological polar surface area (TPSA) is 78.3 Å². The molecule has 6 nitrogen and oxygen atoms in total. The van der Waals surface area contributed by atoms with Gasteiger partial charge in [-0.1, -0.05) is 19.1 Å². The monoisotopic (exact) mass is 409 g/mol. The number of benzene rings is 1. The molecule has 2 atom stereocenters. The number of nitrogen functional groups attached to an aromatic ring is 1. The highest BCUT2D eigenvalue weighted by Crippen LogP contribution is 2.28. The number of likely N-dealkylation sites (tertiary alicyclic amines) is 2. The minimum absolute atomic E-state index is 0.0997. The van der Waals surface area contributed by atoms with E-state index in [9.17, 15) is 4.79 Å². The highest BCUT2D eigenvalue weighted by atomic mass is 16.2. The highest BCUT2D eigenvalue weighted by Gasteiger charge is 2.37. The maximum atomic E-state index is 13.3. The number of hydrogen-bond donors (Lipinski definition) is 2. The van der Waals surface area contributed by atoms with Gasteiger partial charge in [0.2, 0.25) is 5.91 Å². The van der Waals surface area contributed by atoms with Gasteiger partial charge in [0.1, 0.15) is 5.84 Å². The minimum atomic E-state index is 0.0997. The van der Waals surface area contributed by atoms with Crippen molar-refractivity contribution in [2.24, 2.45) is 5.73 Å². The van der Waals surface area contributed by atoms with Crippen molar-refractivity contribution in [1.29, 1.82) is 5.41 Å². The van der Waals surface area contributed by atoms with E-state index >= 15 is 0 Å². The van der Waals surface area contributed by atoms with Crippen LogP contribution in [-0.2, 0) is 17.8 Å². The summed E-state index contributed by atoms with van der Waals surface area (Å²) in [7, 11) is 0. The minimum Gasteiger partial charge on any atom is -0.384 e. The average molecular weight is 410 g/mol. The van der Waals surface area contributed by atoms with E-state index in [1.165, 1.54) is 11.1 Å². The Bertz CT molecular complexity index is 933. The Morgan fingerprint density at radius 1 is 1.13 bits per heavy atom. The van der Waals surface area contributed by atoms with Crippen LogP contribution in [0, 0.1) is 5.41 Å². The number of aromatic nitrogens is 1. The Hall–Kier alpha value is -2.34. The SMILES string of the molecule is CCN1CCC[C@@H]1C(=O)N1CCC[C@H]1CCc1cc2ccc(C(=N)N)cc2n1CC. The predicted molar refractivity (Wildman–Crippen MR) is 122 cm³/mol. The first-order valence-corrected chi connectivity index (χ1v) is 11.5. The Labute approximate surface area is 179 Å². The molecule has 6 heteroatoms. The number of carbonyl (C=O) groups excluding carboxylic acids is 1. The number of likely N-dealkylation sites (N-methyl/N-ethyl adjacent to an activating group) is 1.